The molecule has 1 unspecified atom stereocenters. The molecule has 2 aromatic heterocycles. The van der Waals surface area contributed by atoms with Crippen LogP contribution in [-0.2, 0) is 13.1 Å². The lowest BCUT2D eigenvalue weighted by Gasteiger charge is -2.14. The number of rotatable bonds is 4. The van der Waals surface area contributed by atoms with Gasteiger partial charge >= 0.3 is 0 Å². The molecule has 0 aliphatic heterocycles. The van der Waals surface area contributed by atoms with E-state index >= 15 is 0 Å². The molecule has 7 heteroatoms. The highest BCUT2D eigenvalue weighted by molar-refractivity contribution is 9.10. The van der Waals surface area contributed by atoms with Gasteiger partial charge in [0.15, 0.2) is 0 Å². The Bertz CT molecular complexity index is 1210. The fourth-order valence-corrected chi connectivity index (χ4v) is 3.59. The van der Waals surface area contributed by atoms with E-state index in [1.54, 1.807) is 18.5 Å². The zero-order valence-electron chi connectivity index (χ0n) is 15.1. The van der Waals surface area contributed by atoms with Crippen LogP contribution in [-0.4, -0.2) is 30.3 Å². The Morgan fingerprint density at radius 3 is 2.48 bits per heavy atom. The van der Waals surface area contributed by atoms with Gasteiger partial charge in [-0.2, -0.15) is 0 Å². The van der Waals surface area contributed by atoms with E-state index < -0.39 is 6.10 Å². The molecule has 0 bridgehead atoms. The van der Waals surface area contributed by atoms with E-state index in [0.717, 1.165) is 15.5 Å². The van der Waals surface area contributed by atoms with Crippen molar-refractivity contribution in [2.24, 2.45) is 0 Å². The van der Waals surface area contributed by atoms with Gasteiger partial charge in [-0.25, -0.2) is 9.97 Å². The van der Waals surface area contributed by atoms with Crippen LogP contribution in [0.3, 0.4) is 0 Å². The lowest BCUT2D eigenvalue weighted by Crippen LogP contribution is -2.29. The lowest BCUT2D eigenvalue weighted by atomic mass is 10.1. The highest BCUT2D eigenvalue weighted by atomic mass is 79.9. The first-order valence-electron chi connectivity index (χ1n) is 8.67. The first-order chi connectivity index (χ1) is 12.9. The van der Waals surface area contributed by atoms with Crippen molar-refractivity contribution in [2.75, 3.05) is 0 Å². The number of aromatic nitrogens is 4. The van der Waals surface area contributed by atoms with Gasteiger partial charge < -0.3 is 9.67 Å². The zero-order valence-corrected chi connectivity index (χ0v) is 16.6. The maximum atomic E-state index is 12.7. The zero-order chi connectivity index (χ0) is 19.1. The highest BCUT2D eigenvalue weighted by Crippen LogP contribution is 2.19. The Morgan fingerprint density at radius 2 is 1.67 bits per heavy atom. The summed E-state index contributed by atoms with van der Waals surface area (Å²) >= 11 is 3.38. The molecular weight excluding hydrogens is 408 g/mol. The first kappa shape index (κ1) is 17.9. The number of aryl methyl sites for hydroxylation is 2. The van der Waals surface area contributed by atoms with Gasteiger partial charge in [0.05, 0.1) is 53.8 Å². The van der Waals surface area contributed by atoms with Crippen molar-refractivity contribution in [3.63, 3.8) is 0 Å². The van der Waals surface area contributed by atoms with Crippen molar-refractivity contribution in [3.8, 4) is 0 Å². The van der Waals surface area contributed by atoms with Crippen LogP contribution in [0.1, 0.15) is 11.1 Å². The second kappa shape index (κ2) is 6.90. The molecule has 1 atom stereocenters. The third-order valence-corrected chi connectivity index (χ3v) is 5.33. The van der Waals surface area contributed by atoms with Crippen molar-refractivity contribution in [1.82, 2.24) is 19.1 Å². The average molecular weight is 427 g/mol. The normalized spacial score (nSPS) is 12.7. The summed E-state index contributed by atoms with van der Waals surface area (Å²) in [4.78, 5) is 21.4. The van der Waals surface area contributed by atoms with Crippen LogP contribution in [0, 0.1) is 13.8 Å². The van der Waals surface area contributed by atoms with Crippen molar-refractivity contribution in [1.29, 1.82) is 0 Å². The second-order valence-corrected chi connectivity index (χ2v) is 7.76. The summed E-state index contributed by atoms with van der Waals surface area (Å²) in [7, 11) is 0. The van der Waals surface area contributed by atoms with Gasteiger partial charge in [-0.05, 0) is 55.3 Å². The minimum atomic E-state index is -0.742. The topological polar surface area (TPSA) is 72.9 Å². The Hall–Kier alpha value is -2.51. The maximum absolute atomic E-state index is 12.7. The van der Waals surface area contributed by atoms with E-state index in [1.807, 2.05) is 16.7 Å². The van der Waals surface area contributed by atoms with E-state index in [1.165, 1.54) is 22.0 Å². The van der Waals surface area contributed by atoms with Gasteiger partial charge in [0, 0.05) is 4.47 Å². The summed E-state index contributed by atoms with van der Waals surface area (Å²) in [5.41, 5.74) is 4.72. The van der Waals surface area contributed by atoms with E-state index in [-0.39, 0.29) is 12.1 Å². The van der Waals surface area contributed by atoms with Crippen LogP contribution >= 0.6 is 15.9 Å². The molecule has 4 rings (SSSR count). The number of aliphatic hydroxyl groups excluding tert-OH is 1. The van der Waals surface area contributed by atoms with Crippen LogP contribution in [0.4, 0.5) is 0 Å². The Kier molecular flexibility index (Phi) is 4.57. The van der Waals surface area contributed by atoms with Crippen molar-refractivity contribution in [3.05, 3.63) is 68.9 Å². The molecular formula is C20H19BrN4O2. The molecule has 0 aliphatic carbocycles. The van der Waals surface area contributed by atoms with E-state index in [2.05, 4.69) is 45.8 Å². The summed E-state index contributed by atoms with van der Waals surface area (Å²) in [6, 6.07) is 9.52. The summed E-state index contributed by atoms with van der Waals surface area (Å²) < 4.78 is 4.19. The molecule has 0 radical (unpaired) electrons. The SMILES string of the molecule is Cc1cc2ncn(CC(O)Cn3cnc4ccc(Br)cc4c3=O)c2cc1C. The van der Waals surface area contributed by atoms with Crippen molar-refractivity contribution in [2.45, 2.75) is 33.0 Å². The molecule has 138 valence electrons. The fourth-order valence-electron chi connectivity index (χ4n) is 3.23. The van der Waals surface area contributed by atoms with Gasteiger partial charge in [0.1, 0.15) is 0 Å². The lowest BCUT2D eigenvalue weighted by molar-refractivity contribution is 0.134. The smallest absolute Gasteiger partial charge is 0.261 e. The number of fused-ring (bicyclic) bond motifs is 2. The quantitative estimate of drug-likeness (QED) is 0.543. The number of hydrogen-bond acceptors (Lipinski definition) is 4. The molecule has 0 spiro atoms. The van der Waals surface area contributed by atoms with Crippen molar-refractivity contribution >= 4 is 37.9 Å². The minimum absolute atomic E-state index is 0.165. The van der Waals surface area contributed by atoms with E-state index in [9.17, 15) is 9.90 Å². The fraction of sp³-hybridized carbons (Fsp3) is 0.250. The molecule has 0 fully saturated rings. The summed E-state index contributed by atoms with van der Waals surface area (Å²) in [5, 5.41) is 11.1. The Labute approximate surface area is 164 Å². The van der Waals surface area contributed by atoms with Crippen LogP contribution in [0.25, 0.3) is 21.9 Å². The monoisotopic (exact) mass is 426 g/mol. The number of aliphatic hydroxyl groups is 1. The standard InChI is InChI=1S/C20H19BrN4O2/c1-12-5-18-19(6-13(12)2)24(10-23-18)8-15(26)9-25-11-22-17-4-3-14(21)7-16(17)20(25)27/h3-7,10-11,15,26H,8-9H2,1-2H3. The maximum Gasteiger partial charge on any atom is 0.261 e. The molecule has 0 saturated carbocycles. The van der Waals surface area contributed by atoms with E-state index in [4.69, 9.17) is 0 Å². The van der Waals surface area contributed by atoms with Gasteiger partial charge in [0.25, 0.3) is 5.56 Å². The van der Waals surface area contributed by atoms with E-state index in [0.29, 0.717) is 17.4 Å². The van der Waals surface area contributed by atoms with Gasteiger partial charge in [-0.1, -0.05) is 15.9 Å². The van der Waals surface area contributed by atoms with Crippen LogP contribution in [0.5, 0.6) is 0 Å². The Balaban J connectivity index is 1.61. The number of imidazole rings is 1. The third-order valence-electron chi connectivity index (χ3n) is 4.84. The summed E-state index contributed by atoms with van der Waals surface area (Å²) in [6.07, 6.45) is 2.47. The van der Waals surface area contributed by atoms with Crippen LogP contribution in [0.2, 0.25) is 0 Å². The number of benzene rings is 2. The molecule has 2 heterocycles. The molecule has 2 aromatic carbocycles. The second-order valence-electron chi connectivity index (χ2n) is 6.84. The third kappa shape index (κ3) is 3.40. The largest absolute Gasteiger partial charge is 0.389 e. The molecule has 27 heavy (non-hydrogen) atoms. The summed E-state index contributed by atoms with van der Waals surface area (Å²) in [6.45, 7) is 4.63. The molecule has 1 N–H and O–H groups in total. The molecule has 6 nitrogen and oxygen atoms in total. The molecule has 0 saturated heterocycles. The molecule has 0 amide bonds. The predicted molar refractivity (Wildman–Crippen MR) is 109 cm³/mol. The van der Waals surface area contributed by atoms with Crippen molar-refractivity contribution < 1.29 is 5.11 Å². The Morgan fingerprint density at radius 1 is 1.00 bits per heavy atom. The minimum Gasteiger partial charge on any atom is -0.389 e. The predicted octanol–water partition coefficient (Wildman–Crippen LogP) is 3.19. The average Bonchev–Trinajstić information content (AvgIpc) is 3.00. The van der Waals surface area contributed by atoms with Gasteiger partial charge in [-0.15, -0.1) is 0 Å². The van der Waals surface area contributed by atoms with Crippen LogP contribution < -0.4 is 5.56 Å². The number of nitrogens with zero attached hydrogens (tertiary/aromatic N) is 4. The molecule has 0 aliphatic rings. The number of hydrogen-bond donors (Lipinski definition) is 1. The summed E-state index contributed by atoms with van der Waals surface area (Å²) in [5.74, 6) is 0. The highest BCUT2D eigenvalue weighted by Gasteiger charge is 2.13. The van der Waals surface area contributed by atoms with Crippen LogP contribution in [0.15, 0.2) is 52.3 Å². The van der Waals surface area contributed by atoms with Gasteiger partial charge in [0.2, 0.25) is 0 Å². The molecule has 4 aromatic rings. The number of halogens is 1. The first-order valence-corrected chi connectivity index (χ1v) is 9.46. The van der Waals surface area contributed by atoms with Gasteiger partial charge in [-0.3, -0.25) is 9.36 Å².